The number of hydrogen-bond acceptors (Lipinski definition) is 3. The van der Waals surface area contributed by atoms with E-state index in [1.807, 2.05) is 0 Å². The van der Waals surface area contributed by atoms with Gasteiger partial charge in [-0.2, -0.15) is 0 Å². The largest absolute Gasteiger partial charge is 0.481 e. The number of rotatable bonds is 6. The number of carbonyl (C=O) groups is 2. The van der Waals surface area contributed by atoms with Crippen molar-refractivity contribution in [3.8, 4) is 0 Å². The molecule has 0 spiro atoms. The van der Waals surface area contributed by atoms with E-state index in [2.05, 4.69) is 5.32 Å². The third-order valence-corrected chi connectivity index (χ3v) is 3.78. The normalized spacial score (nSPS) is 16.2. The van der Waals surface area contributed by atoms with Gasteiger partial charge in [-0.15, -0.1) is 0 Å². The molecular weight excluding hydrogens is 258 g/mol. The molecule has 1 aliphatic rings. The fraction of sp³-hybridized carbons (Fsp3) is 0.467. The Morgan fingerprint density at radius 2 is 1.95 bits per heavy atom. The molecule has 0 aromatic heterocycles. The van der Waals surface area contributed by atoms with Crippen LogP contribution in [0.2, 0.25) is 0 Å². The molecule has 2 N–H and O–H groups in total. The first-order valence-electron chi connectivity index (χ1n) is 6.67. The lowest BCUT2D eigenvalue weighted by Crippen LogP contribution is -2.45. The summed E-state index contributed by atoms with van der Waals surface area (Å²) in [6.07, 6.45) is 2.74. The van der Waals surface area contributed by atoms with Crippen molar-refractivity contribution in [1.29, 1.82) is 0 Å². The molecule has 5 nitrogen and oxygen atoms in total. The van der Waals surface area contributed by atoms with Crippen LogP contribution in [0.1, 0.15) is 24.8 Å². The molecule has 1 aliphatic carbocycles. The average Bonchev–Trinajstić information content (AvgIpc) is 2.35. The van der Waals surface area contributed by atoms with Crippen LogP contribution in [0.4, 0.5) is 5.69 Å². The van der Waals surface area contributed by atoms with Crippen LogP contribution in [-0.2, 0) is 20.7 Å². The van der Waals surface area contributed by atoms with Crippen molar-refractivity contribution in [3.05, 3.63) is 29.8 Å². The second-order valence-corrected chi connectivity index (χ2v) is 5.29. The average molecular weight is 277 g/mol. The minimum atomic E-state index is -0.865. The van der Waals surface area contributed by atoms with Crippen molar-refractivity contribution < 1.29 is 19.4 Å². The van der Waals surface area contributed by atoms with Gasteiger partial charge in [0.1, 0.15) is 0 Å². The van der Waals surface area contributed by atoms with Gasteiger partial charge in [0.25, 0.3) is 0 Å². The molecule has 20 heavy (non-hydrogen) atoms. The van der Waals surface area contributed by atoms with Gasteiger partial charge >= 0.3 is 5.97 Å². The quantitative estimate of drug-likeness (QED) is 0.834. The predicted octanol–water partition coefficient (Wildman–Crippen LogP) is 2.07. The SMILES string of the molecule is COCC1(C(=O)Nc2ccc(CC(=O)O)cc2)CCC1. The summed E-state index contributed by atoms with van der Waals surface area (Å²) in [5.74, 6) is -0.883. The van der Waals surface area contributed by atoms with Crippen LogP contribution in [0, 0.1) is 5.41 Å². The standard InChI is InChI=1S/C15H19NO4/c1-20-10-15(7-2-8-15)14(19)16-12-5-3-11(4-6-12)9-13(17)18/h3-6H,2,7-10H2,1H3,(H,16,19)(H,17,18). The first-order chi connectivity index (χ1) is 9.55. The monoisotopic (exact) mass is 277 g/mol. The Balaban J connectivity index is 1.99. The molecule has 1 saturated carbocycles. The summed E-state index contributed by atoms with van der Waals surface area (Å²) in [6.45, 7) is 0.440. The Kier molecular flexibility index (Phi) is 4.39. The predicted molar refractivity (Wildman–Crippen MR) is 74.6 cm³/mol. The molecule has 1 aromatic rings. The molecule has 108 valence electrons. The number of carbonyl (C=O) groups excluding carboxylic acids is 1. The van der Waals surface area contributed by atoms with Gasteiger partial charge in [0.15, 0.2) is 0 Å². The first-order valence-corrected chi connectivity index (χ1v) is 6.67. The summed E-state index contributed by atoms with van der Waals surface area (Å²) in [5.41, 5.74) is 1.01. The third-order valence-electron chi connectivity index (χ3n) is 3.78. The maximum absolute atomic E-state index is 12.3. The van der Waals surface area contributed by atoms with Crippen LogP contribution in [-0.4, -0.2) is 30.7 Å². The van der Waals surface area contributed by atoms with Crippen LogP contribution < -0.4 is 5.32 Å². The molecule has 2 rings (SSSR count). The first kappa shape index (κ1) is 14.5. The minimum Gasteiger partial charge on any atom is -0.481 e. The number of carboxylic acid groups (broad SMARTS) is 1. The van der Waals surface area contributed by atoms with Crippen molar-refractivity contribution in [2.75, 3.05) is 19.0 Å². The highest BCUT2D eigenvalue weighted by Crippen LogP contribution is 2.42. The summed E-state index contributed by atoms with van der Waals surface area (Å²) < 4.78 is 5.14. The van der Waals surface area contributed by atoms with Gasteiger partial charge in [-0.1, -0.05) is 18.6 Å². The molecule has 0 saturated heterocycles. The van der Waals surface area contributed by atoms with E-state index in [-0.39, 0.29) is 12.3 Å². The number of ether oxygens (including phenoxy) is 1. The van der Waals surface area contributed by atoms with Crippen LogP contribution in [0.3, 0.4) is 0 Å². The van der Waals surface area contributed by atoms with Gasteiger partial charge in [-0.25, -0.2) is 0 Å². The van der Waals surface area contributed by atoms with Crippen molar-refractivity contribution in [2.45, 2.75) is 25.7 Å². The van der Waals surface area contributed by atoms with Crippen molar-refractivity contribution in [3.63, 3.8) is 0 Å². The zero-order valence-electron chi connectivity index (χ0n) is 11.5. The Bertz CT molecular complexity index is 491. The smallest absolute Gasteiger partial charge is 0.307 e. The maximum atomic E-state index is 12.3. The summed E-state index contributed by atoms with van der Waals surface area (Å²) >= 11 is 0. The van der Waals surface area contributed by atoms with Crippen LogP contribution >= 0.6 is 0 Å². The number of aliphatic carboxylic acids is 1. The lowest BCUT2D eigenvalue weighted by atomic mass is 9.68. The molecule has 0 atom stereocenters. The lowest BCUT2D eigenvalue weighted by molar-refractivity contribution is -0.136. The van der Waals surface area contributed by atoms with Crippen LogP contribution in [0.15, 0.2) is 24.3 Å². The minimum absolute atomic E-state index is 0.0121. The number of carboxylic acids is 1. The highest BCUT2D eigenvalue weighted by molar-refractivity contribution is 5.96. The Morgan fingerprint density at radius 3 is 2.40 bits per heavy atom. The number of anilines is 1. The van der Waals surface area contributed by atoms with Gasteiger partial charge < -0.3 is 15.2 Å². The number of nitrogens with one attached hydrogen (secondary N) is 1. The van der Waals surface area contributed by atoms with Gasteiger partial charge in [0, 0.05) is 12.8 Å². The third kappa shape index (κ3) is 3.17. The Morgan fingerprint density at radius 1 is 1.30 bits per heavy atom. The summed E-state index contributed by atoms with van der Waals surface area (Å²) in [4.78, 5) is 22.9. The van der Waals surface area contributed by atoms with Gasteiger partial charge in [-0.3, -0.25) is 9.59 Å². The fourth-order valence-electron chi connectivity index (χ4n) is 2.46. The van der Waals surface area contributed by atoms with Gasteiger partial charge in [0.2, 0.25) is 5.91 Å². The topological polar surface area (TPSA) is 75.6 Å². The molecule has 0 heterocycles. The van der Waals surface area contributed by atoms with Crippen molar-refractivity contribution in [1.82, 2.24) is 0 Å². The molecule has 0 unspecified atom stereocenters. The molecule has 5 heteroatoms. The highest BCUT2D eigenvalue weighted by Gasteiger charge is 2.44. The summed E-state index contributed by atoms with van der Waals surface area (Å²) in [5, 5.41) is 11.6. The number of amides is 1. The Hall–Kier alpha value is -1.88. The summed E-state index contributed by atoms with van der Waals surface area (Å²) in [6, 6.07) is 6.89. The van der Waals surface area contributed by atoms with E-state index in [1.165, 1.54) is 0 Å². The highest BCUT2D eigenvalue weighted by atomic mass is 16.5. The van der Waals surface area contributed by atoms with Crippen LogP contribution in [0.25, 0.3) is 0 Å². The summed E-state index contributed by atoms with van der Waals surface area (Å²) in [7, 11) is 1.61. The second kappa shape index (κ2) is 6.05. The fourth-order valence-corrected chi connectivity index (χ4v) is 2.46. The van der Waals surface area contributed by atoms with E-state index in [0.717, 1.165) is 19.3 Å². The zero-order chi connectivity index (χ0) is 14.6. The number of hydrogen-bond donors (Lipinski definition) is 2. The van der Waals surface area contributed by atoms with Crippen LogP contribution in [0.5, 0.6) is 0 Å². The number of benzene rings is 1. The molecule has 1 fully saturated rings. The van der Waals surface area contributed by atoms with Crippen molar-refractivity contribution in [2.24, 2.45) is 5.41 Å². The van der Waals surface area contributed by atoms with Gasteiger partial charge in [0.05, 0.1) is 18.4 Å². The molecule has 0 aliphatic heterocycles. The van der Waals surface area contributed by atoms with E-state index in [1.54, 1.807) is 31.4 Å². The van der Waals surface area contributed by atoms with E-state index in [9.17, 15) is 9.59 Å². The molecule has 1 amide bonds. The van der Waals surface area contributed by atoms with E-state index in [4.69, 9.17) is 9.84 Å². The van der Waals surface area contributed by atoms with Crippen molar-refractivity contribution >= 4 is 17.6 Å². The van der Waals surface area contributed by atoms with E-state index < -0.39 is 11.4 Å². The Labute approximate surface area is 117 Å². The number of methoxy groups -OCH3 is 1. The molecule has 0 bridgehead atoms. The van der Waals surface area contributed by atoms with E-state index in [0.29, 0.717) is 17.9 Å². The second-order valence-electron chi connectivity index (χ2n) is 5.29. The molecular formula is C15H19NO4. The molecule has 0 radical (unpaired) electrons. The van der Waals surface area contributed by atoms with E-state index >= 15 is 0 Å². The van der Waals surface area contributed by atoms with Gasteiger partial charge in [-0.05, 0) is 30.5 Å². The zero-order valence-corrected chi connectivity index (χ0v) is 11.5. The maximum Gasteiger partial charge on any atom is 0.307 e. The lowest BCUT2D eigenvalue weighted by Gasteiger charge is -2.39. The molecule has 1 aromatic carbocycles.